The second-order valence-electron chi connectivity index (χ2n) is 2.43. The molecule has 0 radical (unpaired) electrons. The highest BCUT2D eigenvalue weighted by molar-refractivity contribution is 5.79. The lowest BCUT2D eigenvalue weighted by atomic mass is 10.1. The number of hydrogen-bond acceptors (Lipinski definition) is 2. The highest BCUT2D eigenvalue weighted by Crippen LogP contribution is 2.20. The molecule has 1 heterocycles. The minimum Gasteiger partial charge on any atom is -0.478 e. The van der Waals surface area contributed by atoms with Crippen LogP contribution in [-0.2, 0) is 9.53 Å². The summed E-state index contributed by atoms with van der Waals surface area (Å²) < 4.78 is 4.96. The second kappa shape index (κ2) is 2.84. The van der Waals surface area contributed by atoms with Crippen molar-refractivity contribution in [1.29, 1.82) is 0 Å². The summed E-state index contributed by atoms with van der Waals surface area (Å²) in [5.41, 5.74) is 0. The zero-order chi connectivity index (χ0) is 7.56. The van der Waals surface area contributed by atoms with Crippen molar-refractivity contribution in [1.82, 2.24) is 0 Å². The fourth-order valence-electron chi connectivity index (χ4n) is 0.717. The van der Waals surface area contributed by atoms with E-state index in [1.54, 1.807) is 6.08 Å². The number of hydrogen-bond donors (Lipinski definition) is 1. The Morgan fingerprint density at radius 1 is 1.90 bits per heavy atom. The Bertz CT molecular complexity index is 158. The van der Waals surface area contributed by atoms with E-state index in [-0.39, 0.29) is 12.0 Å². The van der Waals surface area contributed by atoms with E-state index in [0.29, 0.717) is 0 Å². The molecule has 0 saturated carbocycles. The number of epoxide rings is 1. The van der Waals surface area contributed by atoms with Gasteiger partial charge < -0.3 is 9.84 Å². The van der Waals surface area contributed by atoms with Crippen LogP contribution in [0.5, 0.6) is 0 Å². The van der Waals surface area contributed by atoms with Crippen LogP contribution in [0, 0.1) is 5.92 Å². The summed E-state index contributed by atoms with van der Waals surface area (Å²) in [7, 11) is 0. The van der Waals surface area contributed by atoms with E-state index in [1.165, 1.54) is 0 Å². The lowest BCUT2D eigenvalue weighted by molar-refractivity contribution is -0.131. The first-order valence-corrected chi connectivity index (χ1v) is 3.23. The summed E-state index contributed by atoms with van der Waals surface area (Å²) >= 11 is 0. The largest absolute Gasteiger partial charge is 0.478 e. The lowest BCUT2D eigenvalue weighted by Crippen LogP contribution is -1.99. The Morgan fingerprint density at radius 3 is 2.90 bits per heavy atom. The first kappa shape index (κ1) is 7.28. The Kier molecular flexibility index (Phi) is 2.06. The van der Waals surface area contributed by atoms with Crippen LogP contribution in [0.3, 0.4) is 0 Å². The normalized spacial score (nSPS) is 26.7. The average Bonchev–Trinajstić information content (AvgIpc) is 2.63. The van der Waals surface area contributed by atoms with Gasteiger partial charge in [0.2, 0.25) is 0 Å². The minimum absolute atomic E-state index is 0.232. The molecule has 1 fully saturated rings. The van der Waals surface area contributed by atoms with E-state index in [2.05, 4.69) is 0 Å². The maximum atomic E-state index is 10.0. The molecular weight excluding hydrogens is 132 g/mol. The van der Waals surface area contributed by atoms with E-state index in [1.807, 2.05) is 6.92 Å². The van der Waals surface area contributed by atoms with Crippen molar-refractivity contribution in [2.75, 3.05) is 6.61 Å². The van der Waals surface area contributed by atoms with Crippen molar-refractivity contribution in [3.05, 3.63) is 12.2 Å². The summed E-state index contributed by atoms with van der Waals surface area (Å²) in [5.74, 6) is -0.663. The predicted molar refractivity (Wildman–Crippen MR) is 35.7 cm³/mol. The van der Waals surface area contributed by atoms with Crippen molar-refractivity contribution in [2.45, 2.75) is 13.0 Å². The van der Waals surface area contributed by atoms with E-state index in [4.69, 9.17) is 9.84 Å². The number of carbonyl (C=O) groups is 1. The highest BCUT2D eigenvalue weighted by atomic mass is 16.6. The second-order valence-corrected chi connectivity index (χ2v) is 2.43. The first-order valence-electron chi connectivity index (χ1n) is 3.23. The topological polar surface area (TPSA) is 49.8 Å². The van der Waals surface area contributed by atoms with Gasteiger partial charge in [-0.15, -0.1) is 0 Å². The third-order valence-electron chi connectivity index (χ3n) is 1.49. The van der Waals surface area contributed by atoms with Crippen molar-refractivity contribution in [3.8, 4) is 0 Å². The van der Waals surface area contributed by atoms with Gasteiger partial charge in [0.15, 0.2) is 0 Å². The number of aliphatic carboxylic acids is 1. The summed E-state index contributed by atoms with van der Waals surface area (Å²) in [5, 5.41) is 8.24. The molecule has 0 amide bonds. The zero-order valence-electron chi connectivity index (χ0n) is 5.78. The van der Waals surface area contributed by atoms with Gasteiger partial charge in [-0.3, -0.25) is 0 Å². The Hall–Kier alpha value is -0.830. The third-order valence-corrected chi connectivity index (χ3v) is 1.49. The monoisotopic (exact) mass is 142 g/mol. The predicted octanol–water partition coefficient (Wildman–Crippen LogP) is 0.662. The van der Waals surface area contributed by atoms with Crippen LogP contribution in [-0.4, -0.2) is 23.8 Å². The van der Waals surface area contributed by atoms with Gasteiger partial charge in [0.25, 0.3) is 0 Å². The Balaban J connectivity index is 2.28. The number of ether oxygens (including phenoxy) is 1. The molecule has 10 heavy (non-hydrogen) atoms. The smallest absolute Gasteiger partial charge is 0.327 e. The van der Waals surface area contributed by atoms with E-state index < -0.39 is 5.97 Å². The molecule has 0 aromatic carbocycles. The van der Waals surface area contributed by atoms with Gasteiger partial charge in [0.1, 0.15) is 0 Å². The van der Waals surface area contributed by atoms with Crippen molar-refractivity contribution in [3.63, 3.8) is 0 Å². The molecule has 0 aliphatic carbocycles. The van der Waals surface area contributed by atoms with Gasteiger partial charge in [0, 0.05) is 12.0 Å². The number of carboxylic acid groups (broad SMARTS) is 1. The minimum atomic E-state index is -0.896. The van der Waals surface area contributed by atoms with Crippen molar-refractivity contribution in [2.24, 2.45) is 5.92 Å². The summed E-state index contributed by atoms with van der Waals surface area (Å²) in [6, 6.07) is 0. The molecule has 3 nitrogen and oxygen atoms in total. The van der Waals surface area contributed by atoms with Crippen LogP contribution in [0.25, 0.3) is 0 Å². The van der Waals surface area contributed by atoms with Gasteiger partial charge in [-0.2, -0.15) is 0 Å². The Morgan fingerprint density at radius 2 is 2.50 bits per heavy atom. The van der Waals surface area contributed by atoms with Crippen LogP contribution in [0.2, 0.25) is 0 Å². The molecule has 1 aliphatic heterocycles. The van der Waals surface area contributed by atoms with E-state index in [0.717, 1.165) is 12.7 Å². The number of carboxylic acids is 1. The molecule has 1 saturated heterocycles. The van der Waals surface area contributed by atoms with Crippen molar-refractivity contribution < 1.29 is 14.6 Å². The standard InChI is InChI=1S/C7H10O3/c1-5(6-4-10-6)2-3-7(8)9/h2-3,5-6H,4H2,1H3,(H,8,9). The van der Waals surface area contributed by atoms with Gasteiger partial charge in [0.05, 0.1) is 12.7 Å². The molecule has 0 aromatic heterocycles. The van der Waals surface area contributed by atoms with Gasteiger partial charge >= 0.3 is 5.97 Å². The molecule has 1 rings (SSSR count). The fraction of sp³-hybridized carbons (Fsp3) is 0.571. The molecule has 0 aromatic rings. The molecular formula is C7H10O3. The molecule has 2 unspecified atom stereocenters. The van der Waals surface area contributed by atoms with E-state index in [9.17, 15) is 4.79 Å². The molecule has 1 aliphatic rings. The average molecular weight is 142 g/mol. The van der Waals surface area contributed by atoms with Gasteiger partial charge in [-0.25, -0.2) is 4.79 Å². The van der Waals surface area contributed by atoms with Crippen LogP contribution in [0.4, 0.5) is 0 Å². The first-order chi connectivity index (χ1) is 4.70. The summed E-state index contributed by atoms with van der Waals surface area (Å²) in [6.45, 7) is 2.71. The third kappa shape index (κ3) is 2.19. The molecule has 0 spiro atoms. The Labute approximate surface area is 59.3 Å². The maximum Gasteiger partial charge on any atom is 0.327 e. The zero-order valence-corrected chi connectivity index (χ0v) is 5.78. The fourth-order valence-corrected chi connectivity index (χ4v) is 0.717. The lowest BCUT2D eigenvalue weighted by Gasteiger charge is -1.96. The molecule has 56 valence electrons. The molecule has 3 heteroatoms. The van der Waals surface area contributed by atoms with Crippen LogP contribution >= 0.6 is 0 Å². The molecule has 0 bridgehead atoms. The van der Waals surface area contributed by atoms with Crippen molar-refractivity contribution >= 4 is 5.97 Å². The van der Waals surface area contributed by atoms with Crippen LogP contribution in [0.1, 0.15) is 6.92 Å². The molecule has 1 N–H and O–H groups in total. The SMILES string of the molecule is CC(C=CC(=O)O)C1CO1. The quantitative estimate of drug-likeness (QED) is 0.465. The summed E-state index contributed by atoms with van der Waals surface area (Å²) in [4.78, 5) is 10.0. The summed E-state index contributed by atoms with van der Waals surface area (Å²) in [6.07, 6.45) is 3.07. The number of rotatable bonds is 3. The maximum absolute atomic E-state index is 10.0. The van der Waals surface area contributed by atoms with Gasteiger partial charge in [-0.1, -0.05) is 13.0 Å². The van der Waals surface area contributed by atoms with Crippen LogP contribution in [0.15, 0.2) is 12.2 Å². The van der Waals surface area contributed by atoms with Gasteiger partial charge in [-0.05, 0) is 0 Å². The molecule has 2 atom stereocenters. The highest BCUT2D eigenvalue weighted by Gasteiger charge is 2.27. The van der Waals surface area contributed by atoms with Crippen LogP contribution < -0.4 is 0 Å². The van der Waals surface area contributed by atoms with E-state index >= 15 is 0 Å².